The second-order valence-electron chi connectivity index (χ2n) is 18.6. The molecule has 0 amide bonds. The second-order valence-corrected chi connectivity index (χ2v) is 18.6. The van der Waals surface area contributed by atoms with Crippen molar-refractivity contribution in [1.29, 1.82) is 0 Å². The van der Waals surface area contributed by atoms with Gasteiger partial charge < -0.3 is 0 Å². The Morgan fingerprint density at radius 2 is 0.188 bits per heavy atom. The fourth-order valence-electron chi connectivity index (χ4n) is 12.7. The highest BCUT2D eigenvalue weighted by Crippen LogP contribution is 2.49. The number of fused-ring (bicyclic) bond motifs is 3. The lowest BCUT2D eigenvalue weighted by atomic mass is 9.83. The molecule has 0 heteroatoms. The number of rotatable bonds is 0. The molecule has 510 valence electrons. The van der Waals surface area contributed by atoms with Crippen LogP contribution < -0.4 is 0 Å². The van der Waals surface area contributed by atoms with Gasteiger partial charge in [-0.2, -0.15) is 0 Å². The molecule has 0 aromatic heterocycles. The van der Waals surface area contributed by atoms with E-state index in [2.05, 4.69) is 218 Å². The van der Waals surface area contributed by atoms with E-state index in [1.165, 1.54) is 162 Å². The largest absolute Gasteiger partial charge is 0.0683 e. The van der Waals surface area contributed by atoms with Crippen molar-refractivity contribution in [2.24, 2.45) is 0 Å². The van der Waals surface area contributed by atoms with Crippen molar-refractivity contribution in [3.63, 3.8) is 0 Å². The minimum atomic E-state index is 1.33. The van der Waals surface area contributed by atoms with Crippen LogP contribution in [-0.2, 0) is 0 Å². The maximum atomic E-state index is 2.27. The summed E-state index contributed by atoms with van der Waals surface area (Å²) in [7, 11) is 0. The molecule has 0 aliphatic rings. The van der Waals surface area contributed by atoms with E-state index in [0.717, 1.165) is 0 Å². The molecule has 18 rings (SSSR count). The predicted molar refractivity (Wildman–Crippen MR) is 459 cm³/mol. The molecule has 18 aromatic carbocycles. The van der Waals surface area contributed by atoms with E-state index in [0.29, 0.717) is 0 Å². The van der Waals surface area contributed by atoms with E-state index in [9.17, 15) is 0 Å². The first-order valence-corrected chi connectivity index (χ1v) is 38.2. The standard InChI is InChI=1S/C24H12.C22H12.C20H12.15C2H6/c1-2-14-5-6-16-9-11-18-12-10-17-8-7-15-4-3-13(1)19-20(14)22(16)24(18)23(17)21(15)19;1-3-13-7-9-15-11-12-16-10-8-14-4-2-6-18-17(5-1)19(13)21(15)22(16)20(14)18;1-5-13-6-2-11-17-18-12-4-8-14-7-3-10-16(20(14)18)15(9-1)19(13)17;15*1-2/h1-12H;1-12H;1-12H;15*1-2H3. The monoisotopic (exact) mass is 1280 g/mol. The van der Waals surface area contributed by atoms with E-state index < -0.39 is 0 Å². The Kier molecular flexibility index (Phi) is 40.7. The van der Waals surface area contributed by atoms with Crippen LogP contribution in [0.25, 0.3) is 162 Å². The third-order valence-electron chi connectivity index (χ3n) is 15.4. The molecule has 0 N–H and O–H groups in total. The van der Waals surface area contributed by atoms with E-state index in [4.69, 9.17) is 0 Å². The third kappa shape index (κ3) is 16.4. The molecular formula is C96H126. The van der Waals surface area contributed by atoms with Crippen LogP contribution in [0.15, 0.2) is 218 Å². The lowest BCUT2D eigenvalue weighted by Gasteiger charge is -2.20. The molecule has 0 spiro atoms. The summed E-state index contributed by atoms with van der Waals surface area (Å²) >= 11 is 0. The molecule has 18 aromatic rings. The molecule has 0 aliphatic heterocycles. The van der Waals surface area contributed by atoms with Gasteiger partial charge in [-0.05, 0) is 162 Å². The Labute approximate surface area is 584 Å². The van der Waals surface area contributed by atoms with Gasteiger partial charge in [0.1, 0.15) is 0 Å². The summed E-state index contributed by atoms with van der Waals surface area (Å²) in [6.45, 7) is 60.0. The first-order chi connectivity index (χ1) is 47.7. The molecule has 0 nitrogen and oxygen atoms in total. The zero-order valence-electron chi connectivity index (χ0n) is 65.8. The van der Waals surface area contributed by atoms with Gasteiger partial charge in [-0.3, -0.25) is 0 Å². The van der Waals surface area contributed by atoms with Gasteiger partial charge in [-0.15, -0.1) is 0 Å². The van der Waals surface area contributed by atoms with Crippen LogP contribution in [0.4, 0.5) is 0 Å². The summed E-state index contributed by atoms with van der Waals surface area (Å²) in [5.74, 6) is 0. The Morgan fingerprint density at radius 3 is 0.323 bits per heavy atom. The van der Waals surface area contributed by atoms with Gasteiger partial charge in [0.25, 0.3) is 0 Å². The molecule has 0 saturated heterocycles. The van der Waals surface area contributed by atoms with Gasteiger partial charge in [0, 0.05) is 0 Å². The van der Waals surface area contributed by atoms with Gasteiger partial charge in [-0.25, -0.2) is 0 Å². The molecule has 0 fully saturated rings. The smallest absolute Gasteiger partial charge is 0.00139 e. The van der Waals surface area contributed by atoms with Gasteiger partial charge in [0.15, 0.2) is 0 Å². The van der Waals surface area contributed by atoms with Crippen LogP contribution in [0.1, 0.15) is 208 Å². The van der Waals surface area contributed by atoms with E-state index >= 15 is 0 Å². The molecule has 0 unspecified atom stereocenters. The molecule has 0 atom stereocenters. The Balaban J connectivity index is 0.000000603. The average Bonchev–Trinajstić information content (AvgIpc) is 0.716. The Hall–Kier alpha value is -8.58. The third-order valence-corrected chi connectivity index (χ3v) is 15.4. The molecule has 0 aliphatic carbocycles. The number of hydrogen-bond acceptors (Lipinski definition) is 0. The maximum absolute atomic E-state index is 2.27. The summed E-state index contributed by atoms with van der Waals surface area (Å²) in [6, 6.07) is 80.6. The molecule has 0 bridgehead atoms. The fourth-order valence-corrected chi connectivity index (χ4v) is 12.7. The van der Waals surface area contributed by atoms with Gasteiger partial charge in [0.2, 0.25) is 0 Å². The van der Waals surface area contributed by atoms with Gasteiger partial charge in [0.05, 0.1) is 0 Å². The highest BCUT2D eigenvalue weighted by atomic mass is 14.2. The first kappa shape index (κ1) is 85.4. The SMILES string of the molecule is CC.CC.CC.CC.CC.CC.CC.CC.CC.CC.CC.CC.CC.CC.CC.c1cc2ccc3ccc4ccc5ccc6ccc1c1c2c3c4c5c61.c1cc2ccc3ccc4ccc5cccc6c(c1)c2c3c4c56.c1cc2cccc3c4cccc5cccc(c(c1)c23)c54. The van der Waals surface area contributed by atoms with E-state index in [-0.39, 0.29) is 0 Å². The average molecular weight is 1280 g/mol. The topological polar surface area (TPSA) is 0 Å². The zero-order valence-corrected chi connectivity index (χ0v) is 65.8. The molecule has 0 heterocycles. The summed E-state index contributed by atoms with van der Waals surface area (Å²) in [5.41, 5.74) is 0. The van der Waals surface area contributed by atoms with Crippen molar-refractivity contribution >= 4 is 162 Å². The van der Waals surface area contributed by atoms with Gasteiger partial charge in [-0.1, -0.05) is 426 Å². The van der Waals surface area contributed by atoms with Crippen LogP contribution in [-0.4, -0.2) is 0 Å². The lowest BCUT2D eigenvalue weighted by Crippen LogP contribution is -1.91. The zero-order chi connectivity index (χ0) is 72.8. The van der Waals surface area contributed by atoms with Crippen LogP contribution in [0, 0.1) is 0 Å². The van der Waals surface area contributed by atoms with Crippen LogP contribution >= 0.6 is 0 Å². The molecule has 0 radical (unpaired) electrons. The van der Waals surface area contributed by atoms with Crippen LogP contribution in [0.3, 0.4) is 0 Å². The normalized spacial score (nSPS) is 9.56. The lowest BCUT2D eigenvalue weighted by molar-refractivity contribution is 1.50. The van der Waals surface area contributed by atoms with E-state index in [1.54, 1.807) is 0 Å². The van der Waals surface area contributed by atoms with E-state index in [1.807, 2.05) is 208 Å². The van der Waals surface area contributed by atoms with Crippen molar-refractivity contribution in [3.05, 3.63) is 218 Å². The second kappa shape index (κ2) is 45.7. The van der Waals surface area contributed by atoms with Crippen LogP contribution in [0.2, 0.25) is 0 Å². The number of hydrogen-bond donors (Lipinski definition) is 0. The van der Waals surface area contributed by atoms with Crippen molar-refractivity contribution < 1.29 is 0 Å². The number of benzene rings is 18. The van der Waals surface area contributed by atoms with Crippen molar-refractivity contribution in [2.45, 2.75) is 208 Å². The highest BCUT2D eigenvalue weighted by molar-refractivity contribution is 6.45. The Morgan fingerprint density at radius 1 is 0.0938 bits per heavy atom. The fraction of sp³-hybridized carbons (Fsp3) is 0.312. The van der Waals surface area contributed by atoms with Crippen LogP contribution in [0.5, 0.6) is 0 Å². The summed E-state index contributed by atoms with van der Waals surface area (Å²) in [6.07, 6.45) is 0. The summed E-state index contributed by atoms with van der Waals surface area (Å²) in [4.78, 5) is 0. The minimum Gasteiger partial charge on any atom is -0.0683 e. The molecular weight excluding hydrogens is 1150 g/mol. The van der Waals surface area contributed by atoms with Crippen molar-refractivity contribution in [1.82, 2.24) is 0 Å². The quantitative estimate of drug-likeness (QED) is 0.105. The minimum absolute atomic E-state index is 1.33. The molecule has 96 heavy (non-hydrogen) atoms. The first-order valence-electron chi connectivity index (χ1n) is 38.2. The summed E-state index contributed by atoms with van der Waals surface area (Å²) in [5, 5.41) is 41.4. The molecule has 0 saturated carbocycles. The van der Waals surface area contributed by atoms with Crippen molar-refractivity contribution in [2.75, 3.05) is 0 Å². The Bertz CT molecular complexity index is 4240. The predicted octanol–water partition coefficient (Wildman–Crippen LogP) is 34.4. The van der Waals surface area contributed by atoms with Gasteiger partial charge >= 0.3 is 0 Å². The highest BCUT2D eigenvalue weighted by Gasteiger charge is 2.20. The maximum Gasteiger partial charge on any atom is -0.00139 e. The van der Waals surface area contributed by atoms with Crippen molar-refractivity contribution in [3.8, 4) is 0 Å². The summed E-state index contributed by atoms with van der Waals surface area (Å²) < 4.78 is 0.